The number of hydrogen-bond acceptors (Lipinski definition) is 6. The lowest BCUT2D eigenvalue weighted by Gasteiger charge is -2.17. The summed E-state index contributed by atoms with van der Waals surface area (Å²) in [5, 5.41) is 6.12. The molecule has 0 radical (unpaired) electrons. The van der Waals surface area contributed by atoms with Crippen LogP contribution >= 0.6 is 11.6 Å². The van der Waals surface area contributed by atoms with E-state index in [1.165, 1.54) is 12.4 Å². The van der Waals surface area contributed by atoms with Crippen molar-refractivity contribution in [3.8, 4) is 11.5 Å². The maximum atomic E-state index is 14.3. The van der Waals surface area contributed by atoms with Gasteiger partial charge in [0.15, 0.2) is 17.3 Å². The van der Waals surface area contributed by atoms with Crippen LogP contribution in [0.25, 0.3) is 10.9 Å². The van der Waals surface area contributed by atoms with Crippen LogP contribution in [0.5, 0.6) is 11.5 Å². The first-order valence-electron chi connectivity index (χ1n) is 8.67. The summed E-state index contributed by atoms with van der Waals surface area (Å²) in [4.78, 5) is 8.43. The Morgan fingerprint density at radius 3 is 2.82 bits per heavy atom. The quantitative estimate of drug-likeness (QED) is 0.623. The highest BCUT2D eigenvalue weighted by Gasteiger charge is 2.20. The molecular formula is C19H17ClF2N4O2. The Hall–Kier alpha value is -2.71. The summed E-state index contributed by atoms with van der Waals surface area (Å²) in [5.41, 5.74) is 0.588. The number of methoxy groups -OCH3 is 1. The number of nitrogens with zero attached hydrogens (tertiary/aromatic N) is 2. The van der Waals surface area contributed by atoms with E-state index in [9.17, 15) is 8.78 Å². The molecule has 1 fully saturated rings. The predicted molar refractivity (Wildman–Crippen MR) is 103 cm³/mol. The largest absolute Gasteiger partial charge is 0.493 e. The van der Waals surface area contributed by atoms with Gasteiger partial charge in [-0.3, -0.25) is 0 Å². The molecule has 0 amide bonds. The fraction of sp³-hybridized carbons (Fsp3) is 0.263. The second-order valence-electron chi connectivity index (χ2n) is 6.32. The Morgan fingerprint density at radius 2 is 2.07 bits per heavy atom. The van der Waals surface area contributed by atoms with E-state index in [1.807, 2.05) is 0 Å². The fourth-order valence-electron chi connectivity index (χ4n) is 3.07. The van der Waals surface area contributed by atoms with E-state index in [0.717, 1.165) is 25.6 Å². The predicted octanol–water partition coefficient (Wildman–Crippen LogP) is 4.05. The van der Waals surface area contributed by atoms with Crippen molar-refractivity contribution in [3.63, 3.8) is 0 Å². The lowest BCUT2D eigenvalue weighted by molar-refractivity contribution is 0.213. The number of aromatic nitrogens is 2. The summed E-state index contributed by atoms with van der Waals surface area (Å²) in [7, 11) is 1.55. The molecule has 2 N–H and O–H groups in total. The van der Waals surface area contributed by atoms with Crippen molar-refractivity contribution < 1.29 is 18.3 Å². The number of halogens is 3. The molecule has 1 aromatic heterocycles. The Kier molecular flexibility index (Phi) is 5.15. The summed E-state index contributed by atoms with van der Waals surface area (Å²) in [6.07, 6.45) is 2.26. The molecule has 6 nitrogen and oxygen atoms in total. The van der Waals surface area contributed by atoms with Gasteiger partial charge in [0.1, 0.15) is 29.1 Å². The van der Waals surface area contributed by atoms with Crippen molar-refractivity contribution in [2.24, 2.45) is 0 Å². The molecule has 146 valence electrons. The second kappa shape index (κ2) is 7.73. The van der Waals surface area contributed by atoms with Crippen LogP contribution in [0.1, 0.15) is 6.42 Å². The Balaban J connectivity index is 1.75. The van der Waals surface area contributed by atoms with Gasteiger partial charge in [-0.05, 0) is 31.2 Å². The van der Waals surface area contributed by atoms with Gasteiger partial charge in [0.05, 0.1) is 18.3 Å². The van der Waals surface area contributed by atoms with Crippen LogP contribution in [0.3, 0.4) is 0 Å². The number of anilines is 2. The maximum absolute atomic E-state index is 14.3. The van der Waals surface area contributed by atoms with Crippen LogP contribution in [0.15, 0.2) is 30.6 Å². The lowest BCUT2D eigenvalue weighted by Crippen LogP contribution is -2.19. The first kappa shape index (κ1) is 18.6. The standard InChI is InChI=1S/C19H17ClF2N4O2/c1-27-15-7-14-11(6-16(15)28-10-4-5-23-8-10)19(25-9-24-14)26-13-3-2-12(21)17(20)18(13)22/h2-3,6-7,9-10,23H,4-5,8H2,1H3,(H,24,25,26)/t10-/m0/s1. The molecule has 0 bridgehead atoms. The van der Waals surface area contributed by atoms with Crippen molar-refractivity contribution >= 4 is 34.0 Å². The van der Waals surface area contributed by atoms with E-state index < -0.39 is 16.7 Å². The van der Waals surface area contributed by atoms with E-state index in [2.05, 4.69) is 20.6 Å². The van der Waals surface area contributed by atoms with Crippen molar-refractivity contribution in [1.29, 1.82) is 0 Å². The lowest BCUT2D eigenvalue weighted by atomic mass is 10.2. The molecule has 9 heteroatoms. The number of nitrogens with one attached hydrogen (secondary N) is 2. The van der Waals surface area contributed by atoms with Crippen LogP contribution in [0.2, 0.25) is 5.02 Å². The van der Waals surface area contributed by atoms with Gasteiger partial charge in [-0.2, -0.15) is 0 Å². The highest BCUT2D eigenvalue weighted by atomic mass is 35.5. The molecule has 2 aromatic carbocycles. The van der Waals surface area contributed by atoms with Crippen molar-refractivity contribution in [2.75, 3.05) is 25.5 Å². The minimum Gasteiger partial charge on any atom is -0.493 e. The average Bonchev–Trinajstić information content (AvgIpc) is 3.21. The molecule has 0 unspecified atom stereocenters. The molecule has 0 spiro atoms. The number of fused-ring (bicyclic) bond motifs is 1. The highest BCUT2D eigenvalue weighted by molar-refractivity contribution is 6.31. The van der Waals surface area contributed by atoms with Gasteiger partial charge in [-0.25, -0.2) is 18.7 Å². The van der Waals surface area contributed by atoms with Gasteiger partial charge in [0.2, 0.25) is 0 Å². The summed E-state index contributed by atoms with van der Waals surface area (Å²) in [6.45, 7) is 1.64. The van der Waals surface area contributed by atoms with Crippen molar-refractivity contribution in [2.45, 2.75) is 12.5 Å². The van der Waals surface area contributed by atoms with Crippen LogP contribution in [0, 0.1) is 11.6 Å². The molecule has 4 rings (SSSR count). The Morgan fingerprint density at radius 1 is 1.21 bits per heavy atom. The number of ether oxygens (including phenoxy) is 2. The number of benzene rings is 2. The van der Waals surface area contributed by atoms with Crippen LogP contribution in [-0.2, 0) is 0 Å². The molecule has 2 heterocycles. The fourth-order valence-corrected chi connectivity index (χ4v) is 3.24. The molecule has 3 aromatic rings. The van der Waals surface area contributed by atoms with Crippen LogP contribution in [-0.4, -0.2) is 36.3 Å². The first-order chi connectivity index (χ1) is 13.6. The third-order valence-electron chi connectivity index (χ3n) is 4.52. The monoisotopic (exact) mass is 406 g/mol. The van der Waals surface area contributed by atoms with E-state index in [4.69, 9.17) is 21.1 Å². The molecule has 1 aliphatic rings. The SMILES string of the molecule is COc1cc2ncnc(Nc3ccc(F)c(Cl)c3F)c2cc1O[C@H]1CCNC1. The summed E-state index contributed by atoms with van der Waals surface area (Å²) >= 11 is 5.66. The zero-order chi connectivity index (χ0) is 19.7. The zero-order valence-corrected chi connectivity index (χ0v) is 15.7. The molecular weight excluding hydrogens is 390 g/mol. The minimum absolute atomic E-state index is 0.00433. The van der Waals surface area contributed by atoms with Gasteiger partial charge in [0, 0.05) is 18.0 Å². The van der Waals surface area contributed by atoms with E-state index in [0.29, 0.717) is 28.2 Å². The van der Waals surface area contributed by atoms with Crippen LogP contribution in [0.4, 0.5) is 20.3 Å². The average molecular weight is 407 g/mol. The molecule has 1 atom stereocenters. The molecule has 1 aliphatic heterocycles. The normalized spacial score (nSPS) is 16.4. The Labute approximate surface area is 164 Å². The summed E-state index contributed by atoms with van der Waals surface area (Å²) in [5.74, 6) is -0.304. The number of hydrogen-bond donors (Lipinski definition) is 2. The zero-order valence-electron chi connectivity index (χ0n) is 14.9. The van der Waals surface area contributed by atoms with E-state index >= 15 is 0 Å². The molecule has 0 aliphatic carbocycles. The second-order valence-corrected chi connectivity index (χ2v) is 6.70. The van der Waals surface area contributed by atoms with Crippen molar-refractivity contribution in [3.05, 3.63) is 47.2 Å². The van der Waals surface area contributed by atoms with Crippen molar-refractivity contribution in [1.82, 2.24) is 15.3 Å². The molecule has 28 heavy (non-hydrogen) atoms. The van der Waals surface area contributed by atoms with E-state index in [-0.39, 0.29) is 11.8 Å². The van der Waals surface area contributed by atoms with Gasteiger partial charge < -0.3 is 20.1 Å². The summed E-state index contributed by atoms with van der Waals surface area (Å²) < 4.78 is 39.2. The van der Waals surface area contributed by atoms with Crippen LogP contribution < -0.4 is 20.1 Å². The van der Waals surface area contributed by atoms with Gasteiger partial charge in [-0.15, -0.1) is 0 Å². The van der Waals surface area contributed by atoms with Gasteiger partial charge >= 0.3 is 0 Å². The number of rotatable bonds is 5. The van der Waals surface area contributed by atoms with E-state index in [1.54, 1.807) is 19.2 Å². The van der Waals surface area contributed by atoms with Gasteiger partial charge in [-0.1, -0.05) is 11.6 Å². The molecule has 0 saturated carbocycles. The molecule has 1 saturated heterocycles. The Bertz CT molecular complexity index is 1030. The third kappa shape index (κ3) is 3.53. The smallest absolute Gasteiger partial charge is 0.168 e. The highest BCUT2D eigenvalue weighted by Crippen LogP contribution is 2.36. The topological polar surface area (TPSA) is 68.3 Å². The summed E-state index contributed by atoms with van der Waals surface area (Å²) in [6, 6.07) is 5.82. The first-order valence-corrected chi connectivity index (χ1v) is 9.05. The minimum atomic E-state index is -0.893. The van der Waals surface area contributed by atoms with Gasteiger partial charge in [0.25, 0.3) is 0 Å². The third-order valence-corrected chi connectivity index (χ3v) is 4.86. The maximum Gasteiger partial charge on any atom is 0.168 e.